The largest absolute Gasteiger partial charge is 0.370 e. The van der Waals surface area contributed by atoms with Crippen LogP contribution in [0.1, 0.15) is 58.2 Å². The second-order valence-electron chi connectivity index (χ2n) is 5.85. The molecular formula is C17H29N3. The molecule has 0 spiro atoms. The number of aromatic nitrogens is 1. The Hall–Kier alpha value is -1.09. The van der Waals surface area contributed by atoms with Crippen molar-refractivity contribution in [3.8, 4) is 0 Å². The number of rotatable bonds is 9. The van der Waals surface area contributed by atoms with Crippen molar-refractivity contribution in [1.29, 1.82) is 0 Å². The molecule has 0 aliphatic heterocycles. The number of nitrogens with zero attached hydrogens (tertiary/aromatic N) is 2. The normalized spacial score (nSPS) is 16.1. The van der Waals surface area contributed by atoms with E-state index in [4.69, 9.17) is 4.98 Å². The molecule has 1 aromatic heterocycles. The van der Waals surface area contributed by atoms with Gasteiger partial charge in [-0.2, -0.15) is 0 Å². The van der Waals surface area contributed by atoms with Crippen molar-refractivity contribution in [1.82, 2.24) is 10.3 Å². The van der Waals surface area contributed by atoms with Crippen LogP contribution in [0.15, 0.2) is 18.3 Å². The summed E-state index contributed by atoms with van der Waals surface area (Å²) in [6.07, 6.45) is 7.16. The Morgan fingerprint density at radius 2 is 2.10 bits per heavy atom. The van der Waals surface area contributed by atoms with Gasteiger partial charge in [0, 0.05) is 19.1 Å². The first-order chi connectivity index (χ1) is 9.78. The molecule has 1 heterocycles. The smallest absolute Gasteiger partial charge is 0.0574 e. The van der Waals surface area contributed by atoms with Gasteiger partial charge in [-0.25, -0.2) is 0 Å². The Labute approximate surface area is 123 Å². The van der Waals surface area contributed by atoms with Crippen LogP contribution in [-0.2, 0) is 0 Å². The zero-order valence-electron chi connectivity index (χ0n) is 13.2. The third-order valence-corrected chi connectivity index (χ3v) is 4.02. The summed E-state index contributed by atoms with van der Waals surface area (Å²) >= 11 is 0. The van der Waals surface area contributed by atoms with E-state index in [9.17, 15) is 0 Å². The molecule has 20 heavy (non-hydrogen) atoms. The lowest BCUT2D eigenvalue weighted by Crippen LogP contribution is -2.27. The van der Waals surface area contributed by atoms with Crippen molar-refractivity contribution < 1.29 is 0 Å². The van der Waals surface area contributed by atoms with Gasteiger partial charge in [0.1, 0.15) is 0 Å². The number of hydrogen-bond acceptors (Lipinski definition) is 3. The van der Waals surface area contributed by atoms with Gasteiger partial charge in [-0.15, -0.1) is 0 Å². The van der Waals surface area contributed by atoms with Crippen molar-refractivity contribution in [2.45, 2.75) is 52.5 Å². The Morgan fingerprint density at radius 1 is 1.30 bits per heavy atom. The Morgan fingerprint density at radius 3 is 2.60 bits per heavy atom. The minimum atomic E-state index is 0.386. The summed E-state index contributed by atoms with van der Waals surface area (Å²) in [4.78, 5) is 7.20. The zero-order valence-corrected chi connectivity index (χ0v) is 13.2. The van der Waals surface area contributed by atoms with Crippen LogP contribution < -0.4 is 10.2 Å². The molecule has 3 nitrogen and oxygen atoms in total. The summed E-state index contributed by atoms with van der Waals surface area (Å²) in [5.74, 6) is 0.923. The minimum Gasteiger partial charge on any atom is -0.370 e. The van der Waals surface area contributed by atoms with Gasteiger partial charge >= 0.3 is 0 Å². The molecule has 1 atom stereocenters. The predicted octanol–water partition coefficient (Wildman–Crippen LogP) is 3.77. The van der Waals surface area contributed by atoms with Crippen LogP contribution in [0.3, 0.4) is 0 Å². The average molecular weight is 275 g/mol. The standard InChI is InChI=1S/C17H29N3/c1-4-11-20(13-14-7-8-14)15-9-10-17(19-12-15)16(5-2)18-6-3/h9-10,12,14,16,18H,4-8,11,13H2,1-3H3. The van der Waals surface area contributed by atoms with Gasteiger partial charge in [0.2, 0.25) is 0 Å². The maximum atomic E-state index is 4.70. The van der Waals surface area contributed by atoms with Crippen molar-refractivity contribution in [2.75, 3.05) is 24.5 Å². The highest BCUT2D eigenvalue weighted by Gasteiger charge is 2.24. The van der Waals surface area contributed by atoms with Crippen molar-refractivity contribution >= 4 is 5.69 Å². The molecule has 3 heteroatoms. The van der Waals surface area contributed by atoms with Gasteiger partial charge in [0.25, 0.3) is 0 Å². The van der Waals surface area contributed by atoms with E-state index in [-0.39, 0.29) is 0 Å². The van der Waals surface area contributed by atoms with E-state index in [0.717, 1.165) is 25.4 Å². The molecule has 1 aliphatic rings. The van der Waals surface area contributed by atoms with Crippen LogP contribution in [0.25, 0.3) is 0 Å². The molecule has 1 N–H and O–H groups in total. The van der Waals surface area contributed by atoms with E-state index in [1.54, 1.807) is 0 Å². The molecule has 0 aromatic carbocycles. The number of hydrogen-bond donors (Lipinski definition) is 1. The second kappa shape index (κ2) is 7.63. The monoisotopic (exact) mass is 275 g/mol. The highest BCUT2D eigenvalue weighted by atomic mass is 15.1. The predicted molar refractivity (Wildman–Crippen MR) is 86.2 cm³/mol. The first kappa shape index (κ1) is 15.3. The Balaban J connectivity index is 2.03. The summed E-state index contributed by atoms with van der Waals surface area (Å²) in [7, 11) is 0. The van der Waals surface area contributed by atoms with E-state index in [1.165, 1.54) is 37.2 Å². The lowest BCUT2D eigenvalue weighted by molar-refractivity contribution is 0.524. The molecule has 0 bridgehead atoms. The third kappa shape index (κ3) is 4.20. The highest BCUT2D eigenvalue weighted by Crippen LogP contribution is 2.31. The molecule has 1 unspecified atom stereocenters. The van der Waals surface area contributed by atoms with Gasteiger partial charge in [0.05, 0.1) is 17.6 Å². The maximum absolute atomic E-state index is 4.70. The van der Waals surface area contributed by atoms with Crippen LogP contribution in [0, 0.1) is 5.92 Å². The quantitative estimate of drug-likeness (QED) is 0.743. The summed E-state index contributed by atoms with van der Waals surface area (Å²) in [5.41, 5.74) is 2.45. The van der Waals surface area contributed by atoms with Crippen molar-refractivity contribution in [2.24, 2.45) is 5.92 Å². The van der Waals surface area contributed by atoms with Crippen LogP contribution in [-0.4, -0.2) is 24.6 Å². The van der Waals surface area contributed by atoms with E-state index in [0.29, 0.717) is 6.04 Å². The van der Waals surface area contributed by atoms with Gasteiger partial charge in [-0.3, -0.25) is 4.98 Å². The summed E-state index contributed by atoms with van der Waals surface area (Å²) < 4.78 is 0. The summed E-state index contributed by atoms with van der Waals surface area (Å²) in [5, 5.41) is 3.49. The molecule has 0 amide bonds. The molecule has 2 rings (SSSR count). The molecule has 0 saturated heterocycles. The van der Waals surface area contributed by atoms with Crippen LogP contribution in [0.4, 0.5) is 5.69 Å². The van der Waals surface area contributed by atoms with Crippen LogP contribution in [0.5, 0.6) is 0 Å². The SMILES string of the molecule is CCCN(CC1CC1)c1ccc(C(CC)NCC)nc1. The number of nitrogens with one attached hydrogen (secondary N) is 1. The molecule has 1 fully saturated rings. The topological polar surface area (TPSA) is 28.2 Å². The third-order valence-electron chi connectivity index (χ3n) is 4.02. The zero-order chi connectivity index (χ0) is 14.4. The Kier molecular flexibility index (Phi) is 5.84. The first-order valence-corrected chi connectivity index (χ1v) is 8.22. The second-order valence-corrected chi connectivity index (χ2v) is 5.85. The van der Waals surface area contributed by atoms with Crippen molar-refractivity contribution in [3.05, 3.63) is 24.0 Å². The van der Waals surface area contributed by atoms with E-state index < -0.39 is 0 Å². The van der Waals surface area contributed by atoms with Gasteiger partial charge < -0.3 is 10.2 Å². The first-order valence-electron chi connectivity index (χ1n) is 8.22. The number of pyridine rings is 1. The van der Waals surface area contributed by atoms with E-state index in [1.807, 2.05) is 0 Å². The molecule has 1 aliphatic carbocycles. The van der Waals surface area contributed by atoms with Crippen molar-refractivity contribution in [3.63, 3.8) is 0 Å². The fourth-order valence-electron chi connectivity index (χ4n) is 2.70. The summed E-state index contributed by atoms with van der Waals surface area (Å²) in [6, 6.07) is 4.83. The van der Waals surface area contributed by atoms with Crippen LogP contribution in [0.2, 0.25) is 0 Å². The van der Waals surface area contributed by atoms with Gasteiger partial charge in [-0.05, 0) is 50.3 Å². The van der Waals surface area contributed by atoms with Gasteiger partial charge in [-0.1, -0.05) is 20.8 Å². The fourth-order valence-corrected chi connectivity index (χ4v) is 2.70. The molecule has 1 saturated carbocycles. The lowest BCUT2D eigenvalue weighted by atomic mass is 10.1. The average Bonchev–Trinajstić information content (AvgIpc) is 3.29. The van der Waals surface area contributed by atoms with E-state index >= 15 is 0 Å². The van der Waals surface area contributed by atoms with Crippen LogP contribution >= 0.6 is 0 Å². The molecule has 0 radical (unpaired) electrons. The molecular weight excluding hydrogens is 246 g/mol. The lowest BCUT2D eigenvalue weighted by Gasteiger charge is -2.24. The Bertz CT molecular complexity index is 384. The number of anilines is 1. The summed E-state index contributed by atoms with van der Waals surface area (Å²) in [6.45, 7) is 9.95. The van der Waals surface area contributed by atoms with Gasteiger partial charge in [0.15, 0.2) is 0 Å². The molecule has 112 valence electrons. The molecule has 1 aromatic rings. The minimum absolute atomic E-state index is 0.386. The fraction of sp³-hybridized carbons (Fsp3) is 0.706. The highest BCUT2D eigenvalue weighted by molar-refractivity contribution is 5.45. The maximum Gasteiger partial charge on any atom is 0.0574 e. The van der Waals surface area contributed by atoms with E-state index in [2.05, 4.69) is 49.3 Å².